The number of nitrogens with zero attached hydrogens (tertiary/aromatic N) is 1. The van der Waals surface area contributed by atoms with Crippen LogP contribution >= 0.6 is 0 Å². The highest BCUT2D eigenvalue weighted by Crippen LogP contribution is 2.32. The fraction of sp³-hybridized carbons (Fsp3) is 0.938. The molecule has 0 bridgehead atoms. The summed E-state index contributed by atoms with van der Waals surface area (Å²) in [5.41, 5.74) is -0.405. The molecular formula is C16H30N2O2. The van der Waals surface area contributed by atoms with Gasteiger partial charge in [-0.25, -0.2) is 4.79 Å². The number of ether oxygens (including phenoxy) is 1. The van der Waals surface area contributed by atoms with Crippen molar-refractivity contribution in [3.05, 3.63) is 0 Å². The molecule has 20 heavy (non-hydrogen) atoms. The maximum absolute atomic E-state index is 12.0. The van der Waals surface area contributed by atoms with Crippen LogP contribution in [0.25, 0.3) is 0 Å². The predicted octanol–water partition coefficient (Wildman–Crippen LogP) is 3.02. The van der Waals surface area contributed by atoms with Gasteiger partial charge in [-0.1, -0.05) is 13.8 Å². The van der Waals surface area contributed by atoms with E-state index in [4.69, 9.17) is 4.74 Å². The predicted molar refractivity (Wildman–Crippen MR) is 80.7 cm³/mol. The van der Waals surface area contributed by atoms with Crippen LogP contribution in [-0.4, -0.2) is 41.8 Å². The van der Waals surface area contributed by atoms with E-state index >= 15 is 0 Å². The van der Waals surface area contributed by atoms with Gasteiger partial charge in [-0.15, -0.1) is 0 Å². The summed E-state index contributed by atoms with van der Waals surface area (Å²) in [5, 5.41) is 3.76. The second-order valence-electron chi connectivity index (χ2n) is 7.60. The van der Waals surface area contributed by atoms with Gasteiger partial charge in [-0.05, 0) is 51.9 Å². The standard InChI is InChI=1S/C16H30N2O2/c1-11-6-7-14(12(11)2)17-13-8-9-18(10-13)15(19)20-16(3,4)5/h11-14,17H,6-10H2,1-5H3. The minimum absolute atomic E-state index is 0.172. The Labute approximate surface area is 123 Å². The molecule has 0 aromatic rings. The summed E-state index contributed by atoms with van der Waals surface area (Å²) in [6.45, 7) is 12.0. The van der Waals surface area contributed by atoms with Crippen LogP contribution in [-0.2, 0) is 4.74 Å². The number of hydrogen-bond acceptors (Lipinski definition) is 3. The van der Waals surface area contributed by atoms with Crippen LogP contribution in [0, 0.1) is 11.8 Å². The molecule has 1 amide bonds. The lowest BCUT2D eigenvalue weighted by atomic mass is 9.97. The summed E-state index contributed by atoms with van der Waals surface area (Å²) in [7, 11) is 0. The molecule has 0 aromatic heterocycles. The van der Waals surface area contributed by atoms with Gasteiger partial charge >= 0.3 is 6.09 Å². The first-order valence-corrected chi connectivity index (χ1v) is 8.00. The minimum atomic E-state index is -0.405. The van der Waals surface area contributed by atoms with Crippen molar-refractivity contribution in [1.29, 1.82) is 0 Å². The van der Waals surface area contributed by atoms with Crippen molar-refractivity contribution in [2.24, 2.45) is 11.8 Å². The summed E-state index contributed by atoms with van der Waals surface area (Å²) >= 11 is 0. The van der Waals surface area contributed by atoms with E-state index in [2.05, 4.69) is 19.2 Å². The third-order valence-electron chi connectivity index (χ3n) is 4.75. The summed E-state index contributed by atoms with van der Waals surface area (Å²) in [4.78, 5) is 13.9. The first-order chi connectivity index (χ1) is 9.26. The highest BCUT2D eigenvalue weighted by Gasteiger charge is 2.35. The van der Waals surface area contributed by atoms with Crippen molar-refractivity contribution in [2.75, 3.05) is 13.1 Å². The average molecular weight is 282 g/mol. The number of rotatable bonds is 2. The third kappa shape index (κ3) is 3.87. The molecule has 0 aromatic carbocycles. The Morgan fingerprint density at radius 2 is 1.90 bits per heavy atom. The van der Waals surface area contributed by atoms with Gasteiger partial charge in [0.1, 0.15) is 5.60 Å². The summed E-state index contributed by atoms with van der Waals surface area (Å²) in [6, 6.07) is 1.05. The second-order valence-corrected chi connectivity index (χ2v) is 7.60. The Bertz CT molecular complexity index is 351. The molecule has 4 atom stereocenters. The summed E-state index contributed by atoms with van der Waals surface area (Å²) in [5.74, 6) is 1.56. The maximum atomic E-state index is 12.0. The van der Waals surface area contributed by atoms with E-state index in [-0.39, 0.29) is 6.09 Å². The number of carbonyl (C=O) groups is 1. The Morgan fingerprint density at radius 1 is 1.20 bits per heavy atom. The molecule has 1 saturated heterocycles. The Kier molecular flexibility index (Phi) is 4.62. The molecular weight excluding hydrogens is 252 g/mol. The molecule has 4 unspecified atom stereocenters. The highest BCUT2D eigenvalue weighted by molar-refractivity contribution is 5.68. The van der Waals surface area contributed by atoms with E-state index in [0.717, 1.165) is 31.3 Å². The van der Waals surface area contributed by atoms with Crippen molar-refractivity contribution in [1.82, 2.24) is 10.2 Å². The van der Waals surface area contributed by atoms with Crippen LogP contribution in [0.5, 0.6) is 0 Å². The lowest BCUT2D eigenvalue weighted by Gasteiger charge is -2.26. The molecule has 0 spiro atoms. The van der Waals surface area contributed by atoms with Crippen molar-refractivity contribution < 1.29 is 9.53 Å². The van der Waals surface area contributed by atoms with Crippen LogP contribution in [0.4, 0.5) is 4.79 Å². The zero-order valence-corrected chi connectivity index (χ0v) is 13.6. The maximum Gasteiger partial charge on any atom is 0.410 e. The number of likely N-dealkylation sites (tertiary alicyclic amines) is 1. The van der Waals surface area contributed by atoms with Gasteiger partial charge < -0.3 is 15.0 Å². The minimum Gasteiger partial charge on any atom is -0.444 e. The highest BCUT2D eigenvalue weighted by atomic mass is 16.6. The first kappa shape index (κ1) is 15.6. The molecule has 2 rings (SSSR count). The molecule has 1 saturated carbocycles. The van der Waals surface area contributed by atoms with Crippen LogP contribution in [0.1, 0.15) is 53.9 Å². The van der Waals surface area contributed by atoms with Gasteiger partial charge in [0, 0.05) is 25.2 Å². The van der Waals surface area contributed by atoms with Crippen LogP contribution in [0.3, 0.4) is 0 Å². The average Bonchev–Trinajstić information content (AvgIpc) is 2.90. The monoisotopic (exact) mass is 282 g/mol. The van der Waals surface area contributed by atoms with Gasteiger partial charge in [-0.3, -0.25) is 0 Å². The van der Waals surface area contributed by atoms with Crippen molar-refractivity contribution in [2.45, 2.75) is 71.6 Å². The fourth-order valence-electron chi connectivity index (χ4n) is 3.29. The summed E-state index contributed by atoms with van der Waals surface area (Å²) < 4.78 is 5.44. The second kappa shape index (κ2) is 5.92. The smallest absolute Gasteiger partial charge is 0.410 e. The number of hydrogen-bond donors (Lipinski definition) is 1. The molecule has 1 aliphatic heterocycles. The van der Waals surface area contributed by atoms with Gasteiger partial charge in [0.05, 0.1) is 0 Å². The lowest BCUT2D eigenvalue weighted by molar-refractivity contribution is 0.0290. The van der Waals surface area contributed by atoms with Crippen molar-refractivity contribution in [3.63, 3.8) is 0 Å². The Balaban J connectivity index is 1.79. The van der Waals surface area contributed by atoms with Gasteiger partial charge in [0.2, 0.25) is 0 Å². The number of carbonyl (C=O) groups excluding carboxylic acids is 1. The van der Waals surface area contributed by atoms with E-state index in [9.17, 15) is 4.79 Å². The van der Waals surface area contributed by atoms with E-state index in [0.29, 0.717) is 12.1 Å². The van der Waals surface area contributed by atoms with Gasteiger partial charge in [0.15, 0.2) is 0 Å². The number of amides is 1. The molecule has 1 N–H and O–H groups in total. The van der Waals surface area contributed by atoms with E-state index in [1.165, 1.54) is 12.8 Å². The zero-order valence-electron chi connectivity index (χ0n) is 13.6. The van der Waals surface area contributed by atoms with Gasteiger partial charge in [-0.2, -0.15) is 0 Å². The lowest BCUT2D eigenvalue weighted by Crippen LogP contribution is -2.43. The van der Waals surface area contributed by atoms with Crippen LogP contribution in [0.2, 0.25) is 0 Å². The summed E-state index contributed by atoms with van der Waals surface area (Å²) in [6.07, 6.45) is 3.46. The molecule has 116 valence electrons. The van der Waals surface area contributed by atoms with Gasteiger partial charge in [0.25, 0.3) is 0 Å². The zero-order chi connectivity index (χ0) is 14.9. The fourth-order valence-corrected chi connectivity index (χ4v) is 3.29. The molecule has 1 aliphatic carbocycles. The quantitative estimate of drug-likeness (QED) is 0.846. The Morgan fingerprint density at radius 3 is 2.45 bits per heavy atom. The molecule has 4 nitrogen and oxygen atoms in total. The molecule has 4 heteroatoms. The molecule has 2 aliphatic rings. The third-order valence-corrected chi connectivity index (χ3v) is 4.75. The first-order valence-electron chi connectivity index (χ1n) is 8.00. The molecule has 1 heterocycles. The SMILES string of the molecule is CC1CCC(NC2CCN(C(=O)OC(C)(C)C)C2)C1C. The normalized spacial score (nSPS) is 34.5. The van der Waals surface area contributed by atoms with E-state index in [1.807, 2.05) is 25.7 Å². The largest absolute Gasteiger partial charge is 0.444 e. The topological polar surface area (TPSA) is 41.6 Å². The van der Waals surface area contributed by atoms with E-state index < -0.39 is 5.60 Å². The molecule has 0 radical (unpaired) electrons. The van der Waals surface area contributed by atoms with Crippen molar-refractivity contribution in [3.8, 4) is 0 Å². The number of nitrogens with one attached hydrogen (secondary N) is 1. The van der Waals surface area contributed by atoms with Crippen LogP contribution in [0.15, 0.2) is 0 Å². The molecule has 2 fully saturated rings. The van der Waals surface area contributed by atoms with Crippen LogP contribution < -0.4 is 5.32 Å². The van der Waals surface area contributed by atoms with Crippen molar-refractivity contribution >= 4 is 6.09 Å². The Hall–Kier alpha value is -0.770. The van der Waals surface area contributed by atoms with E-state index in [1.54, 1.807) is 0 Å².